The predicted molar refractivity (Wildman–Crippen MR) is 64.3 cm³/mol. The van der Waals surface area contributed by atoms with Gasteiger partial charge in [0.2, 0.25) is 0 Å². The van der Waals surface area contributed by atoms with Crippen molar-refractivity contribution in [3.8, 4) is 0 Å². The summed E-state index contributed by atoms with van der Waals surface area (Å²) in [4.78, 5) is 5.01. The molecule has 0 bridgehead atoms. The molecule has 5 nitrogen and oxygen atoms in total. The average Bonchev–Trinajstić information content (AvgIpc) is 2.17. The second kappa shape index (κ2) is 11.3. The van der Waals surface area contributed by atoms with E-state index in [9.17, 15) is 0 Å². The van der Waals surface area contributed by atoms with Gasteiger partial charge in [-0.1, -0.05) is 13.8 Å². The molecule has 0 spiro atoms. The fourth-order valence-electron chi connectivity index (χ4n) is 1.42. The molecule has 0 atom stereocenters. The van der Waals surface area contributed by atoms with Crippen LogP contribution in [0.4, 0.5) is 0 Å². The first-order valence-electron chi connectivity index (χ1n) is 4.88. The zero-order valence-corrected chi connectivity index (χ0v) is 9.74. The minimum atomic E-state index is -3.12. The standard InChI is InChI=1S/C8H18N2.Na.H2O3S.H/c1-3-9-5-7-10(4-2)8-6-9;;1-4(2)3;/h3-8H2,1-2H3;;4H,(H,1,2,3);. The Morgan fingerprint density at radius 2 is 1.20 bits per heavy atom. The van der Waals surface area contributed by atoms with Gasteiger partial charge < -0.3 is 9.80 Å². The van der Waals surface area contributed by atoms with Crippen LogP contribution in [-0.2, 0) is 11.0 Å². The van der Waals surface area contributed by atoms with E-state index in [4.69, 9.17) is 13.0 Å². The molecule has 1 aliphatic rings. The number of hydrogen-bond acceptors (Lipinski definition) is 4. The summed E-state index contributed by atoms with van der Waals surface area (Å²) >= 11 is 0. The summed E-state index contributed by atoms with van der Waals surface area (Å²) in [5.41, 5.74) is 0. The molecular formula is C8H21N2NaO3S. The fraction of sp³-hybridized carbons (Fsp3) is 1.00. The van der Waals surface area contributed by atoms with Crippen molar-refractivity contribution in [2.45, 2.75) is 13.8 Å². The molecule has 0 radical (unpaired) electrons. The van der Waals surface area contributed by atoms with Gasteiger partial charge in [0.05, 0.1) is 0 Å². The van der Waals surface area contributed by atoms with Gasteiger partial charge in [0.1, 0.15) is 0 Å². The minimum absolute atomic E-state index is 0. The van der Waals surface area contributed by atoms with E-state index in [1.807, 2.05) is 0 Å². The van der Waals surface area contributed by atoms with Gasteiger partial charge in [0, 0.05) is 26.2 Å². The Balaban J connectivity index is 0. The molecule has 1 N–H and O–H groups in total. The van der Waals surface area contributed by atoms with Crippen molar-refractivity contribution in [2.75, 3.05) is 39.3 Å². The van der Waals surface area contributed by atoms with Gasteiger partial charge >= 0.3 is 29.6 Å². The molecule has 0 aromatic heterocycles. The number of likely N-dealkylation sites (N-methyl/N-ethyl adjacent to an activating group) is 2. The molecule has 0 unspecified atom stereocenters. The second-order valence-corrected chi connectivity index (χ2v) is 3.58. The van der Waals surface area contributed by atoms with Crippen LogP contribution in [0.2, 0.25) is 0 Å². The molecule has 15 heavy (non-hydrogen) atoms. The SMILES string of the molecule is CCN1CCN(CC)CC1.O=[SH](=O)O.[NaH]. The molecular weight excluding hydrogens is 227 g/mol. The van der Waals surface area contributed by atoms with Crippen LogP contribution in [0.15, 0.2) is 0 Å². The Hall–Kier alpha value is 0.830. The second-order valence-electron chi connectivity index (χ2n) is 3.11. The number of thiol groups is 1. The Bertz CT molecular complexity index is 186. The molecule has 1 rings (SSSR count). The predicted octanol–water partition coefficient (Wildman–Crippen LogP) is -0.934. The van der Waals surface area contributed by atoms with Gasteiger partial charge in [-0.3, -0.25) is 4.55 Å². The van der Waals surface area contributed by atoms with Gasteiger partial charge in [-0.25, -0.2) is 8.42 Å². The van der Waals surface area contributed by atoms with E-state index in [0.717, 1.165) is 0 Å². The quantitative estimate of drug-likeness (QED) is 0.375. The van der Waals surface area contributed by atoms with Crippen LogP contribution >= 0.6 is 0 Å². The van der Waals surface area contributed by atoms with Crippen LogP contribution < -0.4 is 0 Å². The molecule has 0 aromatic rings. The van der Waals surface area contributed by atoms with Crippen LogP contribution in [0, 0.1) is 0 Å². The number of nitrogens with zero attached hydrogens (tertiary/aromatic N) is 2. The summed E-state index contributed by atoms with van der Waals surface area (Å²) in [7, 11) is -3.12. The zero-order valence-electron chi connectivity index (χ0n) is 8.85. The van der Waals surface area contributed by atoms with E-state index in [1.165, 1.54) is 39.3 Å². The molecule has 1 heterocycles. The van der Waals surface area contributed by atoms with Crippen LogP contribution in [0.1, 0.15) is 13.8 Å². The summed E-state index contributed by atoms with van der Waals surface area (Å²) in [6.07, 6.45) is 0. The first-order chi connectivity index (χ1) is 6.60. The summed E-state index contributed by atoms with van der Waals surface area (Å²) in [5, 5.41) is 0. The van der Waals surface area contributed by atoms with Crippen LogP contribution in [0.5, 0.6) is 0 Å². The molecule has 0 amide bonds. The fourth-order valence-corrected chi connectivity index (χ4v) is 1.42. The molecule has 88 valence electrons. The van der Waals surface area contributed by atoms with Crippen molar-refractivity contribution in [3.63, 3.8) is 0 Å². The first kappa shape index (κ1) is 18.2. The summed E-state index contributed by atoms with van der Waals surface area (Å²) in [6.45, 7) is 12.0. The van der Waals surface area contributed by atoms with Gasteiger partial charge in [-0.05, 0) is 13.1 Å². The average molecular weight is 248 g/mol. The van der Waals surface area contributed by atoms with E-state index in [1.54, 1.807) is 0 Å². The molecule has 1 aliphatic heterocycles. The Labute approximate surface area is 116 Å². The van der Waals surface area contributed by atoms with Crippen molar-refractivity contribution in [1.29, 1.82) is 0 Å². The van der Waals surface area contributed by atoms with Crippen LogP contribution in [0.25, 0.3) is 0 Å². The van der Waals surface area contributed by atoms with Gasteiger partial charge in [-0.15, -0.1) is 0 Å². The van der Waals surface area contributed by atoms with Crippen molar-refractivity contribution in [3.05, 3.63) is 0 Å². The van der Waals surface area contributed by atoms with Gasteiger partial charge in [0.25, 0.3) is 11.0 Å². The third-order valence-corrected chi connectivity index (χ3v) is 2.36. The Morgan fingerprint density at radius 1 is 1.00 bits per heavy atom. The normalized spacial score (nSPS) is 17.9. The Morgan fingerprint density at radius 3 is 1.33 bits per heavy atom. The van der Waals surface area contributed by atoms with Gasteiger partial charge in [0.15, 0.2) is 0 Å². The van der Waals surface area contributed by atoms with Gasteiger partial charge in [-0.2, -0.15) is 0 Å². The molecule has 0 saturated carbocycles. The number of hydrogen-bond donors (Lipinski definition) is 2. The van der Waals surface area contributed by atoms with E-state index >= 15 is 0 Å². The maximum absolute atomic E-state index is 8.59. The Kier molecular flexibility index (Phi) is 13.7. The van der Waals surface area contributed by atoms with E-state index < -0.39 is 11.0 Å². The maximum atomic E-state index is 8.59. The van der Waals surface area contributed by atoms with Crippen LogP contribution in [0.3, 0.4) is 0 Å². The summed E-state index contributed by atoms with van der Waals surface area (Å²) < 4.78 is 24.2. The molecule has 1 saturated heterocycles. The molecule has 1 fully saturated rings. The van der Waals surface area contributed by atoms with Crippen molar-refractivity contribution in [2.24, 2.45) is 0 Å². The van der Waals surface area contributed by atoms with Crippen molar-refractivity contribution >= 4 is 40.5 Å². The van der Waals surface area contributed by atoms with E-state index in [2.05, 4.69) is 23.6 Å². The summed E-state index contributed by atoms with van der Waals surface area (Å²) in [6, 6.07) is 0. The molecule has 0 aliphatic carbocycles. The monoisotopic (exact) mass is 248 g/mol. The van der Waals surface area contributed by atoms with E-state index in [-0.39, 0.29) is 29.6 Å². The van der Waals surface area contributed by atoms with Crippen molar-refractivity contribution < 1.29 is 13.0 Å². The third kappa shape index (κ3) is 11.1. The van der Waals surface area contributed by atoms with Crippen molar-refractivity contribution in [1.82, 2.24) is 9.80 Å². The van der Waals surface area contributed by atoms with Crippen LogP contribution in [-0.4, -0.2) is 91.6 Å². The zero-order chi connectivity index (χ0) is 11.0. The number of piperazine rings is 1. The first-order valence-corrected chi connectivity index (χ1v) is 6.01. The van der Waals surface area contributed by atoms with E-state index in [0.29, 0.717) is 0 Å². The topological polar surface area (TPSA) is 60.9 Å². The number of rotatable bonds is 2. The molecule has 0 aromatic carbocycles. The third-order valence-electron chi connectivity index (χ3n) is 2.36. The molecule has 7 heteroatoms. The summed E-state index contributed by atoms with van der Waals surface area (Å²) in [5.74, 6) is 0.